The molecule has 1 saturated heterocycles. The number of urea groups is 1. The Hall–Kier alpha value is -1.40. The van der Waals surface area contributed by atoms with Crippen LogP contribution in [0, 0.1) is 0 Å². The van der Waals surface area contributed by atoms with E-state index >= 15 is 0 Å². The lowest BCUT2D eigenvalue weighted by molar-refractivity contribution is -0.127. The molecule has 1 aromatic carbocycles. The van der Waals surface area contributed by atoms with Crippen molar-refractivity contribution in [2.45, 2.75) is 12.1 Å². The van der Waals surface area contributed by atoms with Crippen molar-refractivity contribution >= 4 is 27.9 Å². The molecule has 2 aliphatic heterocycles. The van der Waals surface area contributed by atoms with Crippen LogP contribution < -0.4 is 10.6 Å². The number of nitrogens with one attached hydrogen (secondary N) is 2. The lowest BCUT2D eigenvalue weighted by Gasteiger charge is -2.32. The van der Waals surface area contributed by atoms with E-state index in [1.54, 1.807) is 0 Å². The molecule has 3 rings (SSSR count). The summed E-state index contributed by atoms with van der Waals surface area (Å²) >= 11 is 3.37. The van der Waals surface area contributed by atoms with Crippen molar-refractivity contribution in [3.05, 3.63) is 33.8 Å². The summed E-state index contributed by atoms with van der Waals surface area (Å²) in [6, 6.07) is 5.11. The fourth-order valence-corrected chi connectivity index (χ4v) is 2.68. The Bertz CT molecular complexity index is 531. The SMILES string of the molecule is O=C1NC(=O)C2(COCc3cc(Br)ccc32)N1. The number of carbonyl (C=O) groups excluding carboxylic acids is 2. The first-order valence-electron chi connectivity index (χ1n) is 5.12. The molecule has 88 valence electrons. The summed E-state index contributed by atoms with van der Waals surface area (Å²) in [4.78, 5) is 23.2. The van der Waals surface area contributed by atoms with Crippen molar-refractivity contribution < 1.29 is 14.3 Å². The summed E-state index contributed by atoms with van der Waals surface area (Å²) in [5.74, 6) is -0.356. The second-order valence-electron chi connectivity index (χ2n) is 4.11. The van der Waals surface area contributed by atoms with E-state index in [9.17, 15) is 9.59 Å². The van der Waals surface area contributed by atoms with Gasteiger partial charge in [-0.1, -0.05) is 22.0 Å². The van der Waals surface area contributed by atoms with Crippen molar-refractivity contribution in [3.63, 3.8) is 0 Å². The van der Waals surface area contributed by atoms with Crippen LogP contribution in [0.25, 0.3) is 0 Å². The van der Waals surface area contributed by atoms with Gasteiger partial charge in [-0.05, 0) is 23.3 Å². The van der Waals surface area contributed by atoms with Gasteiger partial charge in [-0.3, -0.25) is 10.1 Å². The highest BCUT2D eigenvalue weighted by Gasteiger charge is 2.50. The largest absolute Gasteiger partial charge is 0.373 e. The van der Waals surface area contributed by atoms with Crippen molar-refractivity contribution in [1.29, 1.82) is 0 Å². The van der Waals surface area contributed by atoms with Crippen LogP contribution >= 0.6 is 15.9 Å². The Balaban J connectivity index is 2.17. The molecule has 1 spiro atoms. The third kappa shape index (κ3) is 1.48. The number of carbonyl (C=O) groups is 2. The van der Waals surface area contributed by atoms with E-state index in [-0.39, 0.29) is 12.5 Å². The summed E-state index contributed by atoms with van der Waals surface area (Å²) < 4.78 is 6.33. The standard InChI is InChI=1S/C11H9BrN2O3/c12-7-1-2-8-6(3-7)4-17-5-11(8)9(15)13-10(16)14-11/h1-3H,4-5H2,(H2,13,14,15,16). The van der Waals surface area contributed by atoms with Crippen LogP contribution in [0.1, 0.15) is 11.1 Å². The summed E-state index contributed by atoms with van der Waals surface area (Å²) in [7, 11) is 0. The summed E-state index contributed by atoms with van der Waals surface area (Å²) in [6.07, 6.45) is 0. The Labute approximate surface area is 106 Å². The van der Waals surface area contributed by atoms with E-state index in [4.69, 9.17) is 4.74 Å². The van der Waals surface area contributed by atoms with Gasteiger partial charge in [0.15, 0.2) is 5.54 Å². The zero-order valence-corrected chi connectivity index (χ0v) is 10.3. The number of fused-ring (bicyclic) bond motifs is 2. The van der Waals surface area contributed by atoms with Crippen molar-refractivity contribution in [2.24, 2.45) is 0 Å². The molecule has 2 aliphatic rings. The fourth-order valence-electron chi connectivity index (χ4n) is 2.27. The topological polar surface area (TPSA) is 67.4 Å². The number of hydrogen-bond donors (Lipinski definition) is 2. The Morgan fingerprint density at radius 3 is 2.88 bits per heavy atom. The third-order valence-electron chi connectivity index (χ3n) is 3.04. The zero-order chi connectivity index (χ0) is 12.0. The molecule has 1 atom stereocenters. The second-order valence-corrected chi connectivity index (χ2v) is 5.02. The quantitative estimate of drug-likeness (QED) is 0.702. The number of halogens is 1. The third-order valence-corrected chi connectivity index (χ3v) is 3.54. The minimum atomic E-state index is -1.06. The predicted molar refractivity (Wildman–Crippen MR) is 62.2 cm³/mol. The summed E-state index contributed by atoms with van der Waals surface area (Å²) in [5, 5.41) is 4.91. The smallest absolute Gasteiger partial charge is 0.322 e. The molecule has 0 radical (unpaired) electrons. The number of hydrogen-bond acceptors (Lipinski definition) is 3. The van der Waals surface area contributed by atoms with Crippen LogP contribution in [-0.2, 0) is 21.7 Å². The van der Waals surface area contributed by atoms with Crippen molar-refractivity contribution in [1.82, 2.24) is 10.6 Å². The molecule has 2 N–H and O–H groups in total. The number of amides is 3. The van der Waals surface area contributed by atoms with Gasteiger partial charge in [0, 0.05) is 4.47 Å². The van der Waals surface area contributed by atoms with Crippen LogP contribution in [0.4, 0.5) is 4.79 Å². The van der Waals surface area contributed by atoms with Gasteiger partial charge in [0.05, 0.1) is 13.2 Å². The fraction of sp³-hybridized carbons (Fsp3) is 0.273. The zero-order valence-electron chi connectivity index (χ0n) is 8.75. The minimum Gasteiger partial charge on any atom is -0.373 e. The molecule has 0 saturated carbocycles. The van der Waals surface area contributed by atoms with E-state index in [0.717, 1.165) is 15.6 Å². The van der Waals surface area contributed by atoms with Gasteiger partial charge in [0.1, 0.15) is 0 Å². The van der Waals surface area contributed by atoms with E-state index in [0.29, 0.717) is 6.61 Å². The molecule has 0 aromatic heterocycles. The highest BCUT2D eigenvalue weighted by Crippen LogP contribution is 2.34. The highest BCUT2D eigenvalue weighted by molar-refractivity contribution is 9.10. The average Bonchev–Trinajstić information content (AvgIpc) is 2.54. The number of rotatable bonds is 0. The maximum atomic E-state index is 11.9. The average molecular weight is 297 g/mol. The van der Waals surface area contributed by atoms with E-state index in [1.807, 2.05) is 18.2 Å². The molecule has 17 heavy (non-hydrogen) atoms. The lowest BCUT2D eigenvalue weighted by Crippen LogP contribution is -2.50. The molecule has 1 unspecified atom stereocenters. The molecule has 1 fully saturated rings. The van der Waals surface area contributed by atoms with Crippen LogP contribution in [0.2, 0.25) is 0 Å². The molecule has 3 amide bonds. The number of benzene rings is 1. The van der Waals surface area contributed by atoms with E-state index in [1.165, 1.54) is 0 Å². The molecular weight excluding hydrogens is 288 g/mol. The van der Waals surface area contributed by atoms with Gasteiger partial charge in [0.25, 0.3) is 5.91 Å². The molecule has 1 aromatic rings. The maximum absolute atomic E-state index is 11.9. The van der Waals surface area contributed by atoms with Crippen LogP contribution in [-0.4, -0.2) is 18.5 Å². The van der Waals surface area contributed by atoms with Gasteiger partial charge in [-0.25, -0.2) is 4.79 Å². The van der Waals surface area contributed by atoms with E-state index < -0.39 is 11.6 Å². The maximum Gasteiger partial charge on any atom is 0.322 e. The van der Waals surface area contributed by atoms with Crippen molar-refractivity contribution in [3.8, 4) is 0 Å². The molecule has 5 nitrogen and oxygen atoms in total. The van der Waals surface area contributed by atoms with Gasteiger partial charge < -0.3 is 10.1 Å². The van der Waals surface area contributed by atoms with Gasteiger partial charge in [-0.2, -0.15) is 0 Å². The normalized spacial score (nSPS) is 26.6. The van der Waals surface area contributed by atoms with E-state index in [2.05, 4.69) is 26.6 Å². The Morgan fingerprint density at radius 1 is 1.35 bits per heavy atom. The number of imide groups is 1. The van der Waals surface area contributed by atoms with Crippen LogP contribution in [0.15, 0.2) is 22.7 Å². The first-order valence-corrected chi connectivity index (χ1v) is 5.91. The van der Waals surface area contributed by atoms with Gasteiger partial charge in [0.2, 0.25) is 0 Å². The van der Waals surface area contributed by atoms with Gasteiger partial charge in [-0.15, -0.1) is 0 Å². The number of ether oxygens (including phenoxy) is 1. The molecule has 0 bridgehead atoms. The molecular formula is C11H9BrN2O3. The predicted octanol–water partition coefficient (Wildman–Crippen LogP) is 1.01. The molecule has 6 heteroatoms. The van der Waals surface area contributed by atoms with Crippen LogP contribution in [0.3, 0.4) is 0 Å². The monoisotopic (exact) mass is 296 g/mol. The summed E-state index contributed by atoms with van der Waals surface area (Å²) in [6.45, 7) is 0.610. The molecule has 0 aliphatic carbocycles. The Morgan fingerprint density at radius 2 is 2.18 bits per heavy atom. The Kier molecular flexibility index (Phi) is 2.24. The van der Waals surface area contributed by atoms with Gasteiger partial charge >= 0.3 is 6.03 Å². The molecule has 2 heterocycles. The summed E-state index contributed by atoms with van der Waals surface area (Å²) in [5.41, 5.74) is 0.643. The highest BCUT2D eigenvalue weighted by atomic mass is 79.9. The first kappa shape index (κ1) is 10.7. The van der Waals surface area contributed by atoms with Crippen molar-refractivity contribution in [2.75, 3.05) is 6.61 Å². The second kappa shape index (κ2) is 3.54. The first-order chi connectivity index (χ1) is 8.12. The lowest BCUT2D eigenvalue weighted by atomic mass is 9.85. The minimum absolute atomic E-state index is 0.166. The van der Waals surface area contributed by atoms with Crippen LogP contribution in [0.5, 0.6) is 0 Å².